The topological polar surface area (TPSA) is 81.0 Å². The van der Waals surface area contributed by atoms with E-state index in [2.05, 4.69) is 40.3 Å². The lowest BCUT2D eigenvalue weighted by Crippen LogP contribution is -2.35. The number of nitrogens with one attached hydrogen (secondary N) is 1. The third kappa shape index (κ3) is 4.74. The highest BCUT2D eigenvalue weighted by Crippen LogP contribution is 2.42. The van der Waals surface area contributed by atoms with E-state index in [1.165, 1.54) is 23.5 Å². The molecule has 1 fully saturated rings. The summed E-state index contributed by atoms with van der Waals surface area (Å²) in [5, 5.41) is 14.0. The molecule has 3 aromatic carbocycles. The number of aromatic nitrogens is 2. The number of rotatable bonds is 6. The van der Waals surface area contributed by atoms with Crippen molar-refractivity contribution in [1.82, 2.24) is 20.1 Å². The molecular formula is C31H31N5O3. The number of urea groups is 1. The number of fused-ring (bicyclic) bond motifs is 1. The lowest BCUT2D eigenvalue weighted by molar-refractivity contribution is 0.203. The van der Waals surface area contributed by atoms with E-state index in [-0.39, 0.29) is 6.03 Å². The Morgan fingerprint density at radius 2 is 1.64 bits per heavy atom. The van der Waals surface area contributed by atoms with E-state index in [0.29, 0.717) is 36.1 Å². The highest BCUT2D eigenvalue weighted by atomic mass is 16.5. The molecule has 0 unspecified atom stereocenters. The van der Waals surface area contributed by atoms with Crippen molar-refractivity contribution < 1.29 is 14.3 Å². The van der Waals surface area contributed by atoms with Gasteiger partial charge in [-0.05, 0) is 55.2 Å². The summed E-state index contributed by atoms with van der Waals surface area (Å²) in [6.45, 7) is 0.448. The minimum absolute atomic E-state index is 0.255. The van der Waals surface area contributed by atoms with Crippen molar-refractivity contribution in [2.75, 3.05) is 27.8 Å². The van der Waals surface area contributed by atoms with Gasteiger partial charge in [0.05, 0.1) is 37.9 Å². The Morgan fingerprint density at radius 3 is 2.31 bits per heavy atom. The number of hydrogen-bond donors (Lipinski definition) is 1. The van der Waals surface area contributed by atoms with Crippen LogP contribution in [0.1, 0.15) is 41.1 Å². The zero-order chi connectivity index (χ0) is 26.9. The van der Waals surface area contributed by atoms with E-state index >= 15 is 0 Å². The molecule has 1 saturated carbocycles. The number of carbonyl (C=O) groups is 1. The molecule has 1 aromatic heterocycles. The van der Waals surface area contributed by atoms with Crippen molar-refractivity contribution in [3.63, 3.8) is 0 Å². The van der Waals surface area contributed by atoms with Crippen LogP contribution in [-0.4, -0.2) is 54.3 Å². The Kier molecular flexibility index (Phi) is 6.52. The summed E-state index contributed by atoms with van der Waals surface area (Å²) in [7, 11) is 4.86. The third-order valence-electron chi connectivity index (χ3n) is 7.31. The molecule has 1 N–H and O–H groups in total. The maximum absolute atomic E-state index is 12.6. The van der Waals surface area contributed by atoms with Crippen LogP contribution in [-0.2, 0) is 6.42 Å². The summed E-state index contributed by atoms with van der Waals surface area (Å²) >= 11 is 0. The maximum atomic E-state index is 12.6. The van der Waals surface area contributed by atoms with Crippen molar-refractivity contribution >= 4 is 11.7 Å². The van der Waals surface area contributed by atoms with Crippen molar-refractivity contribution in [1.29, 1.82) is 0 Å². The second-order valence-corrected chi connectivity index (χ2v) is 9.79. The fraction of sp³-hybridized carbons (Fsp3) is 0.258. The lowest BCUT2D eigenvalue weighted by atomic mass is 9.95. The van der Waals surface area contributed by atoms with Gasteiger partial charge in [0.25, 0.3) is 0 Å². The number of ether oxygens (including phenoxy) is 2. The summed E-state index contributed by atoms with van der Waals surface area (Å²) in [4.78, 5) is 12.6. The SMILES string of the molecule is CNC(=O)N1CCc2cc(OC)c(OC)cc2C(c2ccc(-n3nc(-c4ccccc4)cc3C3CC3)cc2)=N1. The maximum Gasteiger partial charge on any atom is 0.337 e. The van der Waals surface area contributed by atoms with Crippen LogP contribution >= 0.6 is 0 Å². The normalized spacial score (nSPS) is 14.7. The van der Waals surface area contributed by atoms with Crippen molar-refractivity contribution in [3.05, 3.63) is 95.2 Å². The zero-order valence-corrected chi connectivity index (χ0v) is 22.3. The number of amides is 2. The molecule has 0 spiro atoms. The summed E-state index contributed by atoms with van der Waals surface area (Å²) in [6.07, 6.45) is 3.01. The molecular weight excluding hydrogens is 490 g/mol. The fourth-order valence-electron chi connectivity index (χ4n) is 5.07. The first kappa shape index (κ1) is 24.7. The summed E-state index contributed by atoms with van der Waals surface area (Å²) in [6, 6.07) is 24.4. The summed E-state index contributed by atoms with van der Waals surface area (Å²) in [5.74, 6) is 1.81. The van der Waals surface area contributed by atoms with Gasteiger partial charge in [0.2, 0.25) is 0 Å². The predicted octanol–water partition coefficient (Wildman–Crippen LogP) is 5.38. The summed E-state index contributed by atoms with van der Waals surface area (Å²) in [5.41, 5.74) is 7.86. The second-order valence-electron chi connectivity index (χ2n) is 9.79. The minimum atomic E-state index is -0.255. The standard InChI is InChI=1S/C31H31N5O3/c1-32-31(37)35-16-15-23-17-28(38-2)29(39-3)18-25(23)30(34-35)22-11-13-24(14-12-22)36-27(21-9-10-21)19-26(33-36)20-7-5-4-6-8-20/h4-8,11-14,17-19,21H,9-10,15-16H2,1-3H3,(H,32,37). The Labute approximate surface area is 227 Å². The highest BCUT2D eigenvalue weighted by Gasteiger charge is 2.29. The minimum Gasteiger partial charge on any atom is -0.493 e. The quantitative estimate of drug-likeness (QED) is 0.369. The Hall–Kier alpha value is -4.59. The number of hydrogen-bond acceptors (Lipinski definition) is 5. The number of hydrazone groups is 1. The van der Waals surface area contributed by atoms with Gasteiger partial charge in [-0.2, -0.15) is 10.2 Å². The van der Waals surface area contributed by atoms with Crippen LogP contribution in [0.2, 0.25) is 0 Å². The zero-order valence-electron chi connectivity index (χ0n) is 22.3. The molecule has 198 valence electrons. The van der Waals surface area contributed by atoms with Crippen LogP contribution in [0.3, 0.4) is 0 Å². The molecule has 2 heterocycles. The van der Waals surface area contributed by atoms with Gasteiger partial charge in [0, 0.05) is 35.3 Å². The lowest BCUT2D eigenvalue weighted by Gasteiger charge is -2.16. The van der Waals surface area contributed by atoms with Gasteiger partial charge in [0.15, 0.2) is 11.5 Å². The molecule has 0 bridgehead atoms. The Morgan fingerprint density at radius 1 is 0.923 bits per heavy atom. The van der Waals surface area contributed by atoms with Crippen LogP contribution in [0.5, 0.6) is 11.5 Å². The number of benzene rings is 3. The van der Waals surface area contributed by atoms with Crippen LogP contribution in [0, 0.1) is 0 Å². The molecule has 8 nitrogen and oxygen atoms in total. The van der Waals surface area contributed by atoms with Crippen molar-refractivity contribution in [3.8, 4) is 28.4 Å². The van der Waals surface area contributed by atoms with E-state index in [1.807, 2.05) is 42.5 Å². The molecule has 2 aliphatic rings. The van der Waals surface area contributed by atoms with Gasteiger partial charge in [-0.25, -0.2) is 14.5 Å². The number of carbonyl (C=O) groups excluding carboxylic acids is 1. The largest absolute Gasteiger partial charge is 0.493 e. The van der Waals surface area contributed by atoms with Crippen molar-refractivity contribution in [2.24, 2.45) is 5.10 Å². The van der Waals surface area contributed by atoms with E-state index in [4.69, 9.17) is 19.7 Å². The highest BCUT2D eigenvalue weighted by molar-refractivity contribution is 6.14. The molecule has 8 heteroatoms. The van der Waals surface area contributed by atoms with E-state index < -0.39 is 0 Å². The van der Waals surface area contributed by atoms with Gasteiger partial charge >= 0.3 is 6.03 Å². The molecule has 0 atom stereocenters. The number of methoxy groups -OCH3 is 2. The molecule has 1 aliphatic heterocycles. The average molecular weight is 522 g/mol. The Bertz CT molecular complexity index is 1540. The van der Waals surface area contributed by atoms with Crippen LogP contribution in [0.25, 0.3) is 16.9 Å². The van der Waals surface area contributed by atoms with E-state index in [0.717, 1.165) is 33.6 Å². The molecule has 6 rings (SSSR count). The van der Waals surface area contributed by atoms with Crippen LogP contribution in [0.4, 0.5) is 4.79 Å². The number of nitrogens with zero attached hydrogens (tertiary/aromatic N) is 4. The second kappa shape index (κ2) is 10.3. The van der Waals surface area contributed by atoms with Crippen molar-refractivity contribution in [2.45, 2.75) is 25.2 Å². The molecule has 1 aliphatic carbocycles. The molecule has 0 saturated heterocycles. The predicted molar refractivity (Wildman–Crippen MR) is 151 cm³/mol. The monoisotopic (exact) mass is 521 g/mol. The van der Waals surface area contributed by atoms with Crippen LogP contribution in [0.15, 0.2) is 77.9 Å². The Balaban J connectivity index is 1.42. The average Bonchev–Trinajstić information content (AvgIpc) is 3.77. The van der Waals surface area contributed by atoms with Gasteiger partial charge in [-0.1, -0.05) is 42.5 Å². The fourth-order valence-corrected chi connectivity index (χ4v) is 5.07. The third-order valence-corrected chi connectivity index (χ3v) is 7.31. The first-order valence-corrected chi connectivity index (χ1v) is 13.2. The molecule has 39 heavy (non-hydrogen) atoms. The van der Waals surface area contributed by atoms with E-state index in [9.17, 15) is 4.79 Å². The summed E-state index contributed by atoms with van der Waals surface area (Å²) < 4.78 is 13.2. The van der Waals surface area contributed by atoms with Gasteiger partial charge in [0.1, 0.15) is 0 Å². The first-order valence-electron chi connectivity index (χ1n) is 13.2. The van der Waals surface area contributed by atoms with Gasteiger partial charge < -0.3 is 14.8 Å². The van der Waals surface area contributed by atoms with Gasteiger partial charge in [-0.3, -0.25) is 0 Å². The smallest absolute Gasteiger partial charge is 0.337 e. The van der Waals surface area contributed by atoms with E-state index in [1.54, 1.807) is 21.3 Å². The molecule has 4 aromatic rings. The van der Waals surface area contributed by atoms with Gasteiger partial charge in [-0.15, -0.1) is 0 Å². The molecule has 0 radical (unpaired) electrons. The van der Waals surface area contributed by atoms with Crippen LogP contribution < -0.4 is 14.8 Å². The first-order chi connectivity index (χ1) is 19.1. The molecule has 2 amide bonds.